The molecular weight excluding hydrogens is 144 g/mol. The largest absolute Gasteiger partial charge is 0.481 e. The van der Waals surface area contributed by atoms with Crippen molar-refractivity contribution in [3.63, 3.8) is 0 Å². The van der Waals surface area contributed by atoms with Crippen molar-refractivity contribution in [3.05, 3.63) is 0 Å². The highest BCUT2D eigenvalue weighted by molar-refractivity contribution is 5.67. The number of ether oxygens (including phenoxy) is 1. The summed E-state index contributed by atoms with van der Waals surface area (Å²) in [6, 6.07) is 0. The first kappa shape index (κ1) is 7.10. The van der Waals surface area contributed by atoms with Gasteiger partial charge in [0.1, 0.15) is 0 Å². The van der Waals surface area contributed by atoms with Crippen LogP contribution in [0, 0.1) is 5.92 Å². The quantitative estimate of drug-likeness (QED) is 0.649. The second kappa shape index (κ2) is 2.48. The molecule has 2 heterocycles. The fourth-order valence-corrected chi connectivity index (χ4v) is 2.18. The van der Waals surface area contributed by atoms with Gasteiger partial charge >= 0.3 is 5.97 Å². The molecule has 0 aromatic carbocycles. The lowest BCUT2D eigenvalue weighted by Crippen LogP contribution is -2.19. The summed E-state index contributed by atoms with van der Waals surface area (Å²) in [6.07, 6.45) is 4.11. The third kappa shape index (κ3) is 1.25. The van der Waals surface area contributed by atoms with Gasteiger partial charge in [-0.3, -0.25) is 4.79 Å². The third-order valence-electron chi connectivity index (χ3n) is 2.67. The first-order valence-electron chi connectivity index (χ1n) is 4.13. The van der Waals surface area contributed by atoms with Crippen LogP contribution in [0.15, 0.2) is 0 Å². The molecule has 11 heavy (non-hydrogen) atoms. The lowest BCUT2D eigenvalue weighted by molar-refractivity contribution is -0.138. The van der Waals surface area contributed by atoms with E-state index in [4.69, 9.17) is 9.84 Å². The lowest BCUT2D eigenvalue weighted by Gasteiger charge is -2.15. The molecule has 2 aliphatic rings. The molecule has 2 saturated heterocycles. The van der Waals surface area contributed by atoms with Gasteiger partial charge in [0.2, 0.25) is 0 Å². The van der Waals surface area contributed by atoms with Gasteiger partial charge in [0.25, 0.3) is 0 Å². The van der Waals surface area contributed by atoms with Crippen LogP contribution in [0.25, 0.3) is 0 Å². The van der Waals surface area contributed by atoms with E-state index in [2.05, 4.69) is 0 Å². The molecule has 0 spiro atoms. The number of fused-ring (bicyclic) bond motifs is 2. The van der Waals surface area contributed by atoms with Gasteiger partial charge in [-0.05, 0) is 25.2 Å². The number of carboxylic acids is 1. The lowest BCUT2D eigenvalue weighted by atomic mass is 9.87. The SMILES string of the molecule is O=C(O)C[C@H]1C[C@H]2CC[C@H]1O2. The Hall–Kier alpha value is -0.570. The topological polar surface area (TPSA) is 46.5 Å². The highest BCUT2D eigenvalue weighted by atomic mass is 16.5. The van der Waals surface area contributed by atoms with Crippen LogP contribution in [0.1, 0.15) is 25.7 Å². The van der Waals surface area contributed by atoms with Gasteiger partial charge in [0, 0.05) is 0 Å². The molecule has 2 bridgehead atoms. The normalized spacial score (nSPS) is 41.3. The van der Waals surface area contributed by atoms with E-state index >= 15 is 0 Å². The minimum atomic E-state index is -0.689. The summed E-state index contributed by atoms with van der Waals surface area (Å²) < 4.78 is 5.52. The first-order chi connectivity index (χ1) is 5.25. The maximum absolute atomic E-state index is 10.4. The molecule has 1 N–H and O–H groups in total. The summed E-state index contributed by atoms with van der Waals surface area (Å²) in [4.78, 5) is 10.4. The van der Waals surface area contributed by atoms with Gasteiger partial charge in [-0.1, -0.05) is 0 Å². The zero-order valence-electron chi connectivity index (χ0n) is 6.32. The van der Waals surface area contributed by atoms with Crippen molar-refractivity contribution in [2.24, 2.45) is 5.92 Å². The molecule has 2 rings (SSSR count). The Labute approximate surface area is 65.4 Å². The van der Waals surface area contributed by atoms with Crippen LogP contribution in [0.2, 0.25) is 0 Å². The molecule has 3 atom stereocenters. The van der Waals surface area contributed by atoms with Crippen LogP contribution in [0.5, 0.6) is 0 Å². The van der Waals surface area contributed by atoms with E-state index in [0.29, 0.717) is 18.4 Å². The third-order valence-corrected chi connectivity index (χ3v) is 2.67. The summed E-state index contributed by atoms with van der Waals surface area (Å²) in [6.45, 7) is 0. The van der Waals surface area contributed by atoms with Crippen molar-refractivity contribution in [2.45, 2.75) is 37.9 Å². The van der Waals surface area contributed by atoms with Gasteiger partial charge in [-0.2, -0.15) is 0 Å². The molecule has 2 fully saturated rings. The molecule has 3 heteroatoms. The number of rotatable bonds is 2. The Balaban J connectivity index is 1.92. The Bertz CT molecular complexity index is 178. The van der Waals surface area contributed by atoms with Gasteiger partial charge in [-0.15, -0.1) is 0 Å². The standard InChI is InChI=1S/C8H12O3/c9-8(10)4-5-3-6-1-2-7(5)11-6/h5-7H,1-4H2,(H,9,10)/t5-,6-,7-/m1/s1. The maximum atomic E-state index is 10.4. The van der Waals surface area contributed by atoms with Gasteiger partial charge in [0.05, 0.1) is 18.6 Å². The molecule has 0 saturated carbocycles. The molecule has 0 unspecified atom stereocenters. The Kier molecular flexibility index (Phi) is 1.60. The van der Waals surface area contributed by atoms with Crippen LogP contribution < -0.4 is 0 Å². The molecule has 2 aliphatic heterocycles. The van der Waals surface area contributed by atoms with Crippen molar-refractivity contribution in [1.82, 2.24) is 0 Å². The zero-order valence-corrected chi connectivity index (χ0v) is 6.32. The van der Waals surface area contributed by atoms with E-state index in [1.807, 2.05) is 0 Å². The van der Waals surface area contributed by atoms with Gasteiger partial charge < -0.3 is 9.84 Å². The fourth-order valence-electron chi connectivity index (χ4n) is 2.18. The van der Waals surface area contributed by atoms with Crippen LogP contribution in [-0.2, 0) is 9.53 Å². The van der Waals surface area contributed by atoms with Crippen molar-refractivity contribution >= 4 is 5.97 Å². The van der Waals surface area contributed by atoms with E-state index < -0.39 is 5.97 Å². The summed E-state index contributed by atoms with van der Waals surface area (Å²) in [5.74, 6) is -0.391. The summed E-state index contributed by atoms with van der Waals surface area (Å²) in [5.41, 5.74) is 0. The van der Waals surface area contributed by atoms with Gasteiger partial charge in [0.15, 0.2) is 0 Å². The van der Waals surface area contributed by atoms with Crippen molar-refractivity contribution in [1.29, 1.82) is 0 Å². The summed E-state index contributed by atoms with van der Waals surface area (Å²) in [5, 5.41) is 8.55. The highest BCUT2D eigenvalue weighted by Crippen LogP contribution is 2.40. The molecule has 0 aromatic rings. The van der Waals surface area contributed by atoms with Crippen molar-refractivity contribution < 1.29 is 14.6 Å². The predicted octanol–water partition coefficient (Wildman–Crippen LogP) is 1.03. The van der Waals surface area contributed by atoms with Crippen molar-refractivity contribution in [2.75, 3.05) is 0 Å². The Morgan fingerprint density at radius 1 is 1.55 bits per heavy atom. The minimum Gasteiger partial charge on any atom is -0.481 e. The van der Waals surface area contributed by atoms with Gasteiger partial charge in [-0.25, -0.2) is 0 Å². The molecule has 0 radical (unpaired) electrons. The zero-order chi connectivity index (χ0) is 7.84. The van der Waals surface area contributed by atoms with E-state index in [0.717, 1.165) is 19.3 Å². The number of carbonyl (C=O) groups is 1. The number of carboxylic acid groups (broad SMARTS) is 1. The monoisotopic (exact) mass is 156 g/mol. The Morgan fingerprint density at radius 3 is 2.82 bits per heavy atom. The molecule has 0 aliphatic carbocycles. The number of aliphatic carboxylic acids is 1. The molecule has 3 nitrogen and oxygen atoms in total. The van der Waals surface area contributed by atoms with E-state index in [1.165, 1.54) is 0 Å². The first-order valence-corrected chi connectivity index (χ1v) is 4.13. The van der Waals surface area contributed by atoms with Crippen LogP contribution in [0.3, 0.4) is 0 Å². The van der Waals surface area contributed by atoms with E-state index in [1.54, 1.807) is 0 Å². The maximum Gasteiger partial charge on any atom is 0.303 e. The number of hydrogen-bond donors (Lipinski definition) is 1. The minimum absolute atomic E-state index is 0.260. The second-order valence-electron chi connectivity index (χ2n) is 3.47. The predicted molar refractivity (Wildman–Crippen MR) is 38.3 cm³/mol. The second-order valence-corrected chi connectivity index (χ2v) is 3.47. The smallest absolute Gasteiger partial charge is 0.303 e. The van der Waals surface area contributed by atoms with Crippen LogP contribution in [0.4, 0.5) is 0 Å². The average molecular weight is 156 g/mol. The molecular formula is C8H12O3. The highest BCUT2D eigenvalue weighted by Gasteiger charge is 2.41. The van der Waals surface area contributed by atoms with Crippen molar-refractivity contribution in [3.8, 4) is 0 Å². The molecule has 0 amide bonds. The van der Waals surface area contributed by atoms with E-state index in [-0.39, 0.29) is 6.10 Å². The Morgan fingerprint density at radius 2 is 2.36 bits per heavy atom. The summed E-state index contributed by atoms with van der Waals surface area (Å²) in [7, 11) is 0. The van der Waals surface area contributed by atoms with Crippen LogP contribution in [-0.4, -0.2) is 23.3 Å². The molecule has 0 aromatic heterocycles. The number of hydrogen-bond acceptors (Lipinski definition) is 2. The summed E-state index contributed by atoms with van der Waals surface area (Å²) >= 11 is 0. The van der Waals surface area contributed by atoms with E-state index in [9.17, 15) is 4.79 Å². The van der Waals surface area contributed by atoms with Crippen LogP contribution >= 0.6 is 0 Å². The average Bonchev–Trinajstić information content (AvgIpc) is 2.45. The molecule has 62 valence electrons. The fraction of sp³-hybridized carbons (Fsp3) is 0.875.